The van der Waals surface area contributed by atoms with Gasteiger partial charge in [-0.05, 0) is 32.8 Å². The highest BCUT2D eigenvalue weighted by atomic mass is 32.2. The number of sulfonamides is 1. The van der Waals surface area contributed by atoms with Crippen molar-refractivity contribution >= 4 is 10.0 Å². The lowest BCUT2D eigenvalue weighted by molar-refractivity contribution is 0.474. The Balaban J connectivity index is 1.86. The fourth-order valence-corrected chi connectivity index (χ4v) is 4.25. The zero-order chi connectivity index (χ0) is 13.9. The van der Waals surface area contributed by atoms with Crippen LogP contribution in [-0.4, -0.2) is 30.0 Å². The molecule has 0 aliphatic heterocycles. The zero-order valence-corrected chi connectivity index (χ0v) is 12.5. The van der Waals surface area contributed by atoms with Gasteiger partial charge in [0.25, 0.3) is 0 Å². The van der Waals surface area contributed by atoms with Crippen LogP contribution in [0.15, 0.2) is 6.07 Å². The van der Waals surface area contributed by atoms with Crippen LogP contribution < -0.4 is 4.72 Å². The maximum atomic E-state index is 12.1. The molecule has 0 saturated heterocycles. The number of aromatic nitrogens is 2. The van der Waals surface area contributed by atoms with Gasteiger partial charge in [0, 0.05) is 12.2 Å². The second-order valence-corrected chi connectivity index (χ2v) is 7.39. The second-order valence-electron chi connectivity index (χ2n) is 5.35. The van der Waals surface area contributed by atoms with Gasteiger partial charge in [-0.1, -0.05) is 19.3 Å². The Morgan fingerprint density at radius 2 is 2.00 bits per heavy atom. The summed E-state index contributed by atoms with van der Waals surface area (Å²) in [6.45, 7) is 4.93. The number of nitrogens with one attached hydrogen (secondary N) is 1. The van der Waals surface area contributed by atoms with Gasteiger partial charge in [0.15, 0.2) is 0 Å². The highest BCUT2D eigenvalue weighted by molar-refractivity contribution is 7.90. The van der Waals surface area contributed by atoms with E-state index in [1.165, 1.54) is 0 Å². The van der Waals surface area contributed by atoms with Crippen LogP contribution in [0, 0.1) is 13.8 Å². The highest BCUT2D eigenvalue weighted by Crippen LogP contribution is 2.22. The topological polar surface area (TPSA) is 64.0 Å². The summed E-state index contributed by atoms with van der Waals surface area (Å²) in [5.74, 6) is 0. The van der Waals surface area contributed by atoms with Gasteiger partial charge in [-0.3, -0.25) is 4.68 Å². The molecule has 19 heavy (non-hydrogen) atoms. The highest BCUT2D eigenvalue weighted by Gasteiger charge is 2.26. The summed E-state index contributed by atoms with van der Waals surface area (Å²) in [5.41, 5.74) is 2.03. The van der Waals surface area contributed by atoms with E-state index in [1.54, 1.807) is 0 Å². The fourth-order valence-electron chi connectivity index (χ4n) is 2.69. The van der Waals surface area contributed by atoms with Crippen molar-refractivity contribution in [3.8, 4) is 0 Å². The predicted molar refractivity (Wildman–Crippen MR) is 75.5 cm³/mol. The van der Waals surface area contributed by atoms with E-state index < -0.39 is 10.0 Å². The minimum Gasteiger partial charge on any atom is -0.268 e. The van der Waals surface area contributed by atoms with Crippen molar-refractivity contribution < 1.29 is 8.42 Å². The molecule has 0 radical (unpaired) electrons. The van der Waals surface area contributed by atoms with Crippen LogP contribution in [0.25, 0.3) is 0 Å². The molecule has 5 nitrogen and oxygen atoms in total. The maximum Gasteiger partial charge on any atom is 0.214 e. The first kappa shape index (κ1) is 14.5. The number of rotatable bonds is 5. The molecule has 1 heterocycles. The molecule has 6 heteroatoms. The van der Waals surface area contributed by atoms with Crippen molar-refractivity contribution in [1.82, 2.24) is 14.5 Å². The van der Waals surface area contributed by atoms with Crippen LogP contribution in [0.2, 0.25) is 0 Å². The molecular formula is C13H23N3O2S. The lowest BCUT2D eigenvalue weighted by Gasteiger charge is -2.22. The van der Waals surface area contributed by atoms with Gasteiger partial charge < -0.3 is 0 Å². The normalized spacial score (nSPS) is 17.8. The Morgan fingerprint density at radius 3 is 2.58 bits per heavy atom. The first-order valence-corrected chi connectivity index (χ1v) is 8.53. The van der Waals surface area contributed by atoms with Crippen LogP contribution in [0.3, 0.4) is 0 Å². The minimum absolute atomic E-state index is 0.193. The van der Waals surface area contributed by atoms with E-state index in [1.807, 2.05) is 24.6 Å². The van der Waals surface area contributed by atoms with E-state index in [9.17, 15) is 8.42 Å². The molecule has 2 rings (SSSR count). The van der Waals surface area contributed by atoms with E-state index in [2.05, 4.69) is 9.82 Å². The Morgan fingerprint density at radius 1 is 1.32 bits per heavy atom. The summed E-state index contributed by atoms with van der Waals surface area (Å²) >= 11 is 0. The Labute approximate surface area is 115 Å². The van der Waals surface area contributed by atoms with E-state index >= 15 is 0 Å². The fraction of sp³-hybridized carbons (Fsp3) is 0.769. The summed E-state index contributed by atoms with van der Waals surface area (Å²) in [5, 5.41) is 4.13. The van der Waals surface area contributed by atoms with E-state index in [0.717, 1.165) is 43.5 Å². The number of hydrogen-bond donors (Lipinski definition) is 1. The van der Waals surface area contributed by atoms with Gasteiger partial charge in [-0.2, -0.15) is 5.10 Å². The molecule has 1 aromatic heterocycles. The Bertz CT molecular complexity index is 516. The molecule has 0 aromatic carbocycles. The molecule has 1 aliphatic rings. The van der Waals surface area contributed by atoms with Gasteiger partial charge in [0.05, 0.1) is 17.5 Å². The van der Waals surface area contributed by atoms with Gasteiger partial charge in [0.2, 0.25) is 10.0 Å². The molecule has 108 valence electrons. The van der Waals surface area contributed by atoms with E-state index in [4.69, 9.17) is 0 Å². The third kappa shape index (κ3) is 3.79. The monoisotopic (exact) mass is 285 g/mol. The molecule has 1 fully saturated rings. The van der Waals surface area contributed by atoms with Crippen molar-refractivity contribution in [1.29, 1.82) is 0 Å². The standard InChI is InChI=1S/C13H23N3O2S/c1-11-10-12(2)16(15-11)9-8-14-19(17,18)13-6-4-3-5-7-13/h10,13-14H,3-9H2,1-2H3. The smallest absolute Gasteiger partial charge is 0.214 e. The Hall–Kier alpha value is -0.880. The lowest BCUT2D eigenvalue weighted by Crippen LogP contribution is -2.37. The molecular weight excluding hydrogens is 262 g/mol. The second kappa shape index (κ2) is 6.05. The van der Waals surface area contributed by atoms with Crippen molar-refractivity contribution in [3.63, 3.8) is 0 Å². The SMILES string of the molecule is Cc1cc(C)n(CCNS(=O)(=O)C2CCCCC2)n1. The summed E-state index contributed by atoms with van der Waals surface area (Å²) < 4.78 is 28.8. The third-order valence-electron chi connectivity index (χ3n) is 3.72. The minimum atomic E-state index is -3.15. The molecule has 1 N–H and O–H groups in total. The van der Waals surface area contributed by atoms with Gasteiger partial charge in [-0.15, -0.1) is 0 Å². The van der Waals surface area contributed by atoms with Crippen LogP contribution in [0.4, 0.5) is 0 Å². The summed E-state index contributed by atoms with van der Waals surface area (Å²) in [4.78, 5) is 0. The van der Waals surface area contributed by atoms with Gasteiger partial charge >= 0.3 is 0 Å². The molecule has 0 spiro atoms. The number of nitrogens with zero attached hydrogens (tertiary/aromatic N) is 2. The van der Waals surface area contributed by atoms with Crippen LogP contribution >= 0.6 is 0 Å². The maximum absolute atomic E-state index is 12.1. The zero-order valence-electron chi connectivity index (χ0n) is 11.7. The van der Waals surface area contributed by atoms with Crippen molar-refractivity contribution in [2.75, 3.05) is 6.54 Å². The van der Waals surface area contributed by atoms with E-state index in [0.29, 0.717) is 13.1 Å². The van der Waals surface area contributed by atoms with Crippen LogP contribution in [-0.2, 0) is 16.6 Å². The number of hydrogen-bond acceptors (Lipinski definition) is 3. The van der Waals surface area contributed by atoms with Gasteiger partial charge in [0.1, 0.15) is 0 Å². The van der Waals surface area contributed by atoms with Crippen LogP contribution in [0.5, 0.6) is 0 Å². The average molecular weight is 285 g/mol. The molecule has 0 atom stereocenters. The van der Waals surface area contributed by atoms with Gasteiger partial charge in [-0.25, -0.2) is 13.1 Å². The lowest BCUT2D eigenvalue weighted by atomic mass is 10.0. The number of aryl methyl sites for hydroxylation is 2. The molecule has 1 saturated carbocycles. The molecule has 1 aliphatic carbocycles. The third-order valence-corrected chi connectivity index (χ3v) is 5.68. The first-order chi connectivity index (χ1) is 8.99. The van der Waals surface area contributed by atoms with E-state index in [-0.39, 0.29) is 5.25 Å². The Kier molecular flexibility index (Phi) is 4.62. The quantitative estimate of drug-likeness (QED) is 0.896. The summed E-state index contributed by atoms with van der Waals surface area (Å²) in [6.07, 6.45) is 4.83. The van der Waals surface area contributed by atoms with Crippen molar-refractivity contribution in [2.24, 2.45) is 0 Å². The molecule has 0 unspecified atom stereocenters. The molecule has 0 bridgehead atoms. The molecule has 0 amide bonds. The summed E-state index contributed by atoms with van der Waals surface area (Å²) in [6, 6.07) is 2.00. The van der Waals surface area contributed by atoms with Crippen molar-refractivity contribution in [2.45, 2.75) is 57.7 Å². The van der Waals surface area contributed by atoms with Crippen molar-refractivity contribution in [3.05, 3.63) is 17.5 Å². The predicted octanol–water partition coefficient (Wildman–Crippen LogP) is 1.75. The van der Waals surface area contributed by atoms with Crippen LogP contribution in [0.1, 0.15) is 43.5 Å². The largest absolute Gasteiger partial charge is 0.268 e. The average Bonchev–Trinajstić information content (AvgIpc) is 2.69. The molecule has 1 aromatic rings. The summed E-state index contributed by atoms with van der Waals surface area (Å²) in [7, 11) is -3.15. The first-order valence-electron chi connectivity index (χ1n) is 6.98.